The second kappa shape index (κ2) is 2.36. The minimum atomic E-state index is 0. The number of hydrogen-bond acceptors (Lipinski definition) is 1. The highest BCUT2D eigenvalue weighted by Crippen LogP contribution is 2.05. The summed E-state index contributed by atoms with van der Waals surface area (Å²) in [5.74, 6) is 0.910. The lowest BCUT2D eigenvalue weighted by Gasteiger charge is -1.93. The molecule has 0 saturated carbocycles. The molecule has 0 aliphatic rings. The van der Waals surface area contributed by atoms with E-state index in [-0.39, 0.29) is 2.85 Å². The van der Waals surface area contributed by atoms with Crippen LogP contribution in [0.15, 0.2) is 30.3 Å². The summed E-state index contributed by atoms with van der Waals surface area (Å²) in [6.07, 6.45) is 0. The fourth-order valence-electron chi connectivity index (χ4n) is 0.557. The highest BCUT2D eigenvalue weighted by atomic mass is 16.5. The van der Waals surface area contributed by atoms with Crippen LogP contribution in [0.1, 0.15) is 2.85 Å². The van der Waals surface area contributed by atoms with Crippen molar-refractivity contribution in [3.63, 3.8) is 0 Å². The molecule has 8 heavy (non-hydrogen) atoms. The van der Waals surface area contributed by atoms with Crippen LogP contribution in [0.3, 0.4) is 0 Å². The first-order chi connectivity index (χ1) is 3.93. The topological polar surface area (TPSA) is 9.23 Å². The Bertz CT molecular complexity index is 153. The molecule has 0 N–H and O–H groups in total. The molecule has 0 atom stereocenters. The van der Waals surface area contributed by atoms with Gasteiger partial charge < -0.3 is 4.74 Å². The van der Waals surface area contributed by atoms with E-state index in [1.54, 1.807) is 7.11 Å². The van der Waals surface area contributed by atoms with E-state index in [0.29, 0.717) is 0 Å². The summed E-state index contributed by atoms with van der Waals surface area (Å²) < 4.78 is 4.91. The van der Waals surface area contributed by atoms with E-state index in [1.807, 2.05) is 30.3 Å². The monoisotopic (exact) mass is 110 g/mol. The van der Waals surface area contributed by atoms with Gasteiger partial charge in [-0.3, -0.25) is 0 Å². The van der Waals surface area contributed by atoms with Crippen molar-refractivity contribution in [2.45, 2.75) is 0 Å². The first-order valence-corrected chi connectivity index (χ1v) is 2.52. The molecule has 0 spiro atoms. The fourth-order valence-corrected chi connectivity index (χ4v) is 0.557. The van der Waals surface area contributed by atoms with Gasteiger partial charge in [-0.25, -0.2) is 0 Å². The van der Waals surface area contributed by atoms with E-state index >= 15 is 0 Å². The van der Waals surface area contributed by atoms with Gasteiger partial charge in [0.05, 0.1) is 7.11 Å². The highest BCUT2D eigenvalue weighted by Gasteiger charge is 1.80. The zero-order valence-electron chi connectivity index (χ0n) is 6.79. The van der Waals surface area contributed by atoms with Gasteiger partial charge in [-0.05, 0) is 12.1 Å². The van der Waals surface area contributed by atoms with Crippen molar-refractivity contribution in [1.82, 2.24) is 0 Å². The summed E-state index contributed by atoms with van der Waals surface area (Å²) >= 11 is 0. The third-order valence-electron chi connectivity index (χ3n) is 0.979. The third-order valence-corrected chi connectivity index (χ3v) is 0.979. The van der Waals surface area contributed by atoms with Crippen molar-refractivity contribution in [2.75, 3.05) is 7.11 Å². The Hall–Kier alpha value is -0.980. The summed E-state index contributed by atoms with van der Waals surface area (Å²) in [4.78, 5) is 0. The zero-order chi connectivity index (χ0) is 5.82. The van der Waals surface area contributed by atoms with Crippen LogP contribution in [0.2, 0.25) is 0 Å². The van der Waals surface area contributed by atoms with Crippen molar-refractivity contribution < 1.29 is 7.59 Å². The molecule has 0 aliphatic heterocycles. The van der Waals surface area contributed by atoms with E-state index in [0.717, 1.165) is 5.75 Å². The van der Waals surface area contributed by atoms with Gasteiger partial charge in [0, 0.05) is 0 Å². The van der Waals surface area contributed by atoms with Crippen molar-refractivity contribution in [3.05, 3.63) is 30.3 Å². The van der Waals surface area contributed by atoms with Crippen LogP contribution < -0.4 is 4.74 Å². The zero-order valence-corrected chi connectivity index (χ0v) is 4.79. The Balaban J connectivity index is 0. The SMILES string of the molecule is COc1ccccc1.[H+].[H+]. The second-order valence-corrected chi connectivity index (χ2v) is 1.52. The number of hydrogen-bond donors (Lipinski definition) is 0. The maximum atomic E-state index is 4.91. The van der Waals surface area contributed by atoms with Crippen molar-refractivity contribution in [1.29, 1.82) is 0 Å². The molecule has 1 heteroatoms. The van der Waals surface area contributed by atoms with Gasteiger partial charge in [-0.1, -0.05) is 18.2 Å². The third kappa shape index (κ3) is 0.997. The van der Waals surface area contributed by atoms with Crippen LogP contribution in [0.5, 0.6) is 5.75 Å². The van der Waals surface area contributed by atoms with Gasteiger partial charge in [-0.15, -0.1) is 0 Å². The van der Waals surface area contributed by atoms with E-state index < -0.39 is 0 Å². The molecule has 42 valence electrons. The average molecular weight is 110 g/mol. The largest absolute Gasteiger partial charge is 1.00 e. The molecule has 0 bridgehead atoms. The minimum absolute atomic E-state index is 0. The number of ether oxygens (including phenoxy) is 1. The Morgan fingerprint density at radius 3 is 2.25 bits per heavy atom. The van der Waals surface area contributed by atoms with E-state index in [1.165, 1.54) is 0 Å². The van der Waals surface area contributed by atoms with Gasteiger partial charge in [0.15, 0.2) is 0 Å². The number of methoxy groups -OCH3 is 1. The molecule has 0 aromatic heterocycles. The van der Waals surface area contributed by atoms with Gasteiger partial charge in [0.1, 0.15) is 5.75 Å². The smallest absolute Gasteiger partial charge is 0.497 e. The van der Waals surface area contributed by atoms with Crippen LogP contribution in [0, 0.1) is 0 Å². The van der Waals surface area contributed by atoms with Crippen LogP contribution in [0.25, 0.3) is 0 Å². The summed E-state index contributed by atoms with van der Waals surface area (Å²) in [6.45, 7) is 0. The number of benzene rings is 1. The highest BCUT2D eigenvalue weighted by molar-refractivity contribution is 5.20. The molecule has 0 amide bonds. The lowest BCUT2D eigenvalue weighted by molar-refractivity contribution is 0.415. The molecule has 0 saturated heterocycles. The van der Waals surface area contributed by atoms with E-state index in [2.05, 4.69) is 0 Å². The fraction of sp³-hybridized carbons (Fsp3) is 0.143. The molecule has 1 rings (SSSR count). The average Bonchev–Trinajstić information content (AvgIpc) is 1.90. The Morgan fingerprint density at radius 1 is 1.25 bits per heavy atom. The molecule has 0 aliphatic carbocycles. The Kier molecular flexibility index (Phi) is 1.52. The van der Waals surface area contributed by atoms with Gasteiger partial charge in [0.25, 0.3) is 0 Å². The lowest BCUT2D eigenvalue weighted by atomic mass is 10.3. The standard InChI is InChI=1S/C7H8O/c1-8-7-5-3-2-4-6-7/h2-6H,1H3/p+2. The van der Waals surface area contributed by atoms with Crippen molar-refractivity contribution in [3.8, 4) is 5.75 Å². The van der Waals surface area contributed by atoms with Crippen molar-refractivity contribution >= 4 is 0 Å². The van der Waals surface area contributed by atoms with E-state index in [9.17, 15) is 0 Å². The minimum Gasteiger partial charge on any atom is -0.497 e. The summed E-state index contributed by atoms with van der Waals surface area (Å²) in [7, 11) is 1.66. The molecule has 0 radical (unpaired) electrons. The van der Waals surface area contributed by atoms with E-state index in [4.69, 9.17) is 4.74 Å². The Morgan fingerprint density at radius 2 is 1.88 bits per heavy atom. The summed E-state index contributed by atoms with van der Waals surface area (Å²) in [5.41, 5.74) is 0. The van der Waals surface area contributed by atoms with Crippen LogP contribution in [-0.2, 0) is 0 Å². The van der Waals surface area contributed by atoms with Crippen LogP contribution in [0.4, 0.5) is 0 Å². The normalized spacial score (nSPS) is 8.62. The number of para-hydroxylation sites is 1. The quantitative estimate of drug-likeness (QED) is 0.536. The van der Waals surface area contributed by atoms with Gasteiger partial charge in [0.2, 0.25) is 0 Å². The lowest BCUT2D eigenvalue weighted by Crippen LogP contribution is -1.78. The summed E-state index contributed by atoms with van der Waals surface area (Å²) in [5, 5.41) is 0. The Labute approximate surface area is 51.9 Å². The summed E-state index contributed by atoms with van der Waals surface area (Å²) in [6, 6.07) is 9.68. The molecule has 1 nitrogen and oxygen atoms in total. The first-order valence-electron chi connectivity index (χ1n) is 2.52. The molecule has 1 aromatic carbocycles. The molecular weight excluding hydrogens is 100 g/mol. The van der Waals surface area contributed by atoms with Crippen LogP contribution >= 0.6 is 0 Å². The molecule has 0 unspecified atom stereocenters. The molecule has 1 aromatic rings. The molecule has 0 fully saturated rings. The maximum Gasteiger partial charge on any atom is 1.00 e. The van der Waals surface area contributed by atoms with Crippen molar-refractivity contribution in [2.24, 2.45) is 0 Å². The van der Waals surface area contributed by atoms with Crippen LogP contribution in [-0.4, -0.2) is 7.11 Å². The maximum absolute atomic E-state index is 4.91. The molecule has 0 heterocycles. The number of rotatable bonds is 1. The first kappa shape index (κ1) is 5.16. The predicted molar refractivity (Wildman–Crippen MR) is 35.2 cm³/mol. The van der Waals surface area contributed by atoms with Gasteiger partial charge in [-0.2, -0.15) is 0 Å². The molecular formula is C7H10O+2. The second-order valence-electron chi connectivity index (χ2n) is 1.52. The predicted octanol–water partition coefficient (Wildman–Crippen LogP) is 1.92. The van der Waals surface area contributed by atoms with Gasteiger partial charge >= 0.3 is 2.85 Å².